The van der Waals surface area contributed by atoms with E-state index in [4.69, 9.17) is 4.98 Å². The Hall–Kier alpha value is -4.46. The van der Waals surface area contributed by atoms with Crippen molar-refractivity contribution in [1.29, 1.82) is 0 Å². The van der Waals surface area contributed by atoms with Crippen LogP contribution in [0.4, 0.5) is 5.82 Å². The quantitative estimate of drug-likeness (QED) is 0.372. The summed E-state index contributed by atoms with van der Waals surface area (Å²) in [6, 6.07) is 16.3. The molecule has 8 nitrogen and oxygen atoms in total. The van der Waals surface area contributed by atoms with Gasteiger partial charge in [0.2, 0.25) is 5.91 Å². The number of rotatable bonds is 5. The standard InChI is InChI=1S/C29H29N7O/c1-21-16-32-36-20-24(25-18-31-33(2)19-25)15-26(29(21)36)23-8-9-27(30-17-23)34-10-12-35(13-11-34)28(37)14-22-6-4-3-5-7-22/h3-9,15-20H,10-14H2,1-2H3. The first kappa shape index (κ1) is 23.0. The van der Waals surface area contributed by atoms with Crippen molar-refractivity contribution >= 4 is 17.2 Å². The lowest BCUT2D eigenvalue weighted by molar-refractivity contribution is -0.130. The predicted octanol–water partition coefficient (Wildman–Crippen LogP) is 4.00. The van der Waals surface area contributed by atoms with Gasteiger partial charge in [0.15, 0.2) is 0 Å². The SMILES string of the molecule is Cc1cnn2cc(-c3cnn(C)c3)cc(-c3ccc(N4CCN(C(=O)Cc5ccccc5)CC4)nc3)c12. The van der Waals surface area contributed by atoms with Crippen molar-refractivity contribution in [2.45, 2.75) is 13.3 Å². The molecule has 186 valence electrons. The fourth-order valence-electron chi connectivity index (χ4n) is 5.02. The number of carbonyl (C=O) groups excluding carboxylic acids is 1. The Kier molecular flexibility index (Phi) is 5.92. The number of anilines is 1. The van der Waals surface area contributed by atoms with Crippen LogP contribution in [0.3, 0.4) is 0 Å². The molecule has 5 aromatic rings. The highest BCUT2D eigenvalue weighted by Gasteiger charge is 2.22. The van der Waals surface area contributed by atoms with Gasteiger partial charge in [-0.1, -0.05) is 30.3 Å². The first-order chi connectivity index (χ1) is 18.0. The summed E-state index contributed by atoms with van der Waals surface area (Å²) in [6.45, 7) is 5.04. The minimum atomic E-state index is 0.183. The van der Waals surface area contributed by atoms with Gasteiger partial charge in [-0.2, -0.15) is 10.2 Å². The number of piperazine rings is 1. The number of benzene rings is 1. The van der Waals surface area contributed by atoms with Gasteiger partial charge in [-0.05, 0) is 36.2 Å². The van der Waals surface area contributed by atoms with Gasteiger partial charge in [0, 0.05) is 74.1 Å². The molecule has 0 saturated carbocycles. The molecular formula is C29H29N7O. The van der Waals surface area contributed by atoms with E-state index in [-0.39, 0.29) is 5.91 Å². The third kappa shape index (κ3) is 4.58. The van der Waals surface area contributed by atoms with Crippen LogP contribution in [-0.2, 0) is 18.3 Å². The molecule has 1 aliphatic heterocycles. The van der Waals surface area contributed by atoms with Gasteiger partial charge in [-0.3, -0.25) is 9.48 Å². The molecule has 4 aromatic heterocycles. The predicted molar refractivity (Wildman–Crippen MR) is 144 cm³/mol. The van der Waals surface area contributed by atoms with E-state index in [0.717, 1.165) is 57.8 Å². The molecule has 6 rings (SSSR count). The maximum atomic E-state index is 12.7. The summed E-state index contributed by atoms with van der Waals surface area (Å²) in [7, 11) is 1.92. The molecule has 0 atom stereocenters. The maximum absolute atomic E-state index is 12.7. The molecule has 37 heavy (non-hydrogen) atoms. The molecule has 0 spiro atoms. The highest BCUT2D eigenvalue weighted by molar-refractivity contribution is 5.86. The van der Waals surface area contributed by atoms with Crippen molar-refractivity contribution in [1.82, 2.24) is 29.3 Å². The van der Waals surface area contributed by atoms with E-state index < -0.39 is 0 Å². The Labute approximate surface area is 215 Å². The Morgan fingerprint density at radius 3 is 2.38 bits per heavy atom. The van der Waals surface area contributed by atoms with E-state index in [1.165, 1.54) is 0 Å². The van der Waals surface area contributed by atoms with E-state index in [1.54, 1.807) is 4.68 Å². The number of pyridine rings is 2. The van der Waals surface area contributed by atoms with E-state index in [9.17, 15) is 4.79 Å². The minimum Gasteiger partial charge on any atom is -0.353 e. The summed E-state index contributed by atoms with van der Waals surface area (Å²) in [6.07, 6.45) is 10.2. The van der Waals surface area contributed by atoms with Crippen LogP contribution in [0.2, 0.25) is 0 Å². The van der Waals surface area contributed by atoms with Crippen LogP contribution in [-0.4, -0.2) is 61.4 Å². The highest BCUT2D eigenvalue weighted by atomic mass is 16.2. The minimum absolute atomic E-state index is 0.183. The fourth-order valence-corrected chi connectivity index (χ4v) is 5.02. The second kappa shape index (κ2) is 9.54. The van der Waals surface area contributed by atoms with Crippen molar-refractivity contribution in [3.8, 4) is 22.3 Å². The van der Waals surface area contributed by atoms with Crippen LogP contribution >= 0.6 is 0 Å². The van der Waals surface area contributed by atoms with Gasteiger partial charge < -0.3 is 9.80 Å². The van der Waals surface area contributed by atoms with Crippen LogP contribution in [0.15, 0.2) is 79.5 Å². The number of nitrogens with zero attached hydrogens (tertiary/aromatic N) is 7. The smallest absolute Gasteiger partial charge is 0.227 e. The second-order valence-corrected chi connectivity index (χ2v) is 9.60. The van der Waals surface area contributed by atoms with Crippen molar-refractivity contribution in [3.05, 3.63) is 90.6 Å². The molecule has 0 radical (unpaired) electrons. The van der Waals surface area contributed by atoms with Crippen molar-refractivity contribution in [2.24, 2.45) is 7.05 Å². The van der Waals surface area contributed by atoms with Crippen molar-refractivity contribution in [2.75, 3.05) is 31.1 Å². The summed E-state index contributed by atoms with van der Waals surface area (Å²) in [5.74, 6) is 1.12. The lowest BCUT2D eigenvalue weighted by Gasteiger charge is -2.35. The first-order valence-electron chi connectivity index (χ1n) is 12.6. The lowest BCUT2D eigenvalue weighted by atomic mass is 10.0. The van der Waals surface area contributed by atoms with E-state index in [0.29, 0.717) is 19.5 Å². The molecule has 1 aliphatic rings. The largest absolute Gasteiger partial charge is 0.353 e. The Morgan fingerprint density at radius 1 is 0.865 bits per heavy atom. The molecule has 0 aliphatic carbocycles. The summed E-state index contributed by atoms with van der Waals surface area (Å²) in [5, 5.41) is 8.89. The van der Waals surface area contributed by atoms with Gasteiger partial charge in [-0.25, -0.2) is 9.50 Å². The summed E-state index contributed by atoms with van der Waals surface area (Å²) >= 11 is 0. The molecule has 0 bridgehead atoms. The summed E-state index contributed by atoms with van der Waals surface area (Å²) in [4.78, 5) is 21.8. The molecule has 1 fully saturated rings. The average molecular weight is 492 g/mol. The van der Waals surface area contributed by atoms with Crippen molar-refractivity contribution < 1.29 is 4.79 Å². The van der Waals surface area contributed by atoms with E-state index in [2.05, 4.69) is 40.2 Å². The number of carbonyl (C=O) groups is 1. The monoisotopic (exact) mass is 491 g/mol. The average Bonchev–Trinajstić information content (AvgIpc) is 3.54. The van der Waals surface area contributed by atoms with Crippen LogP contribution < -0.4 is 4.90 Å². The van der Waals surface area contributed by atoms with Gasteiger partial charge in [0.25, 0.3) is 0 Å². The molecule has 1 saturated heterocycles. The lowest BCUT2D eigenvalue weighted by Crippen LogP contribution is -2.49. The Balaban J connectivity index is 1.20. The number of fused-ring (bicyclic) bond motifs is 1. The second-order valence-electron chi connectivity index (χ2n) is 9.60. The van der Waals surface area contributed by atoms with Crippen LogP contribution in [0.25, 0.3) is 27.8 Å². The van der Waals surface area contributed by atoms with E-state index >= 15 is 0 Å². The third-order valence-corrected chi connectivity index (χ3v) is 7.05. The summed E-state index contributed by atoms with van der Waals surface area (Å²) in [5.41, 5.74) is 7.48. The maximum Gasteiger partial charge on any atom is 0.227 e. The van der Waals surface area contributed by atoms with Crippen LogP contribution in [0.5, 0.6) is 0 Å². The molecule has 5 heterocycles. The molecule has 0 N–H and O–H groups in total. The van der Waals surface area contributed by atoms with Gasteiger partial charge >= 0.3 is 0 Å². The molecular weight excluding hydrogens is 462 g/mol. The van der Waals surface area contributed by atoms with Crippen LogP contribution in [0, 0.1) is 6.92 Å². The Morgan fingerprint density at radius 2 is 1.68 bits per heavy atom. The van der Waals surface area contributed by atoms with Gasteiger partial charge in [0.05, 0.1) is 24.3 Å². The fraction of sp³-hybridized carbons (Fsp3) is 0.241. The molecule has 0 unspecified atom stereocenters. The first-order valence-corrected chi connectivity index (χ1v) is 12.6. The Bertz CT molecular complexity index is 1540. The topological polar surface area (TPSA) is 71.6 Å². The number of aromatic nitrogens is 5. The zero-order valence-electron chi connectivity index (χ0n) is 21.1. The molecule has 1 aromatic carbocycles. The third-order valence-electron chi connectivity index (χ3n) is 7.05. The van der Waals surface area contributed by atoms with Crippen molar-refractivity contribution in [3.63, 3.8) is 0 Å². The molecule has 8 heteroatoms. The number of hydrogen-bond donors (Lipinski definition) is 0. The number of hydrogen-bond acceptors (Lipinski definition) is 5. The summed E-state index contributed by atoms with van der Waals surface area (Å²) < 4.78 is 3.74. The molecule has 1 amide bonds. The van der Waals surface area contributed by atoms with Gasteiger partial charge in [-0.15, -0.1) is 0 Å². The van der Waals surface area contributed by atoms with Gasteiger partial charge in [0.1, 0.15) is 5.82 Å². The number of amides is 1. The number of aryl methyl sites for hydroxylation is 2. The zero-order chi connectivity index (χ0) is 25.4. The van der Waals surface area contributed by atoms with E-state index in [1.807, 2.05) is 77.8 Å². The van der Waals surface area contributed by atoms with Crippen LogP contribution in [0.1, 0.15) is 11.1 Å². The normalized spacial score (nSPS) is 13.9. The zero-order valence-corrected chi connectivity index (χ0v) is 21.1. The highest BCUT2D eigenvalue weighted by Crippen LogP contribution is 2.32.